The summed E-state index contributed by atoms with van der Waals surface area (Å²) in [5, 5.41) is 24.0. The lowest BCUT2D eigenvalue weighted by molar-refractivity contribution is 0.703. The number of tetrazole rings is 1. The Morgan fingerprint density at radius 3 is 3.00 bits per heavy atom. The minimum atomic E-state index is 0.536. The fraction of sp³-hybridized carbons (Fsp3) is 0.231. The second-order valence-corrected chi connectivity index (χ2v) is 4.32. The number of aromatic amines is 1. The average Bonchev–Trinajstić information content (AvgIpc) is 3.06. The Labute approximate surface area is 109 Å². The molecule has 3 aromatic rings. The van der Waals surface area contributed by atoms with Crippen molar-refractivity contribution in [1.29, 1.82) is 5.26 Å². The predicted octanol–water partition coefficient (Wildman–Crippen LogP) is 2.10. The predicted molar refractivity (Wildman–Crippen MR) is 70.1 cm³/mol. The van der Waals surface area contributed by atoms with Gasteiger partial charge in [-0.25, -0.2) is 0 Å². The average molecular weight is 252 g/mol. The monoisotopic (exact) mass is 252 g/mol. The molecule has 3 rings (SSSR count). The first-order chi connectivity index (χ1) is 9.33. The molecule has 0 aliphatic heterocycles. The third kappa shape index (κ3) is 1.85. The van der Waals surface area contributed by atoms with E-state index in [0.717, 1.165) is 29.4 Å². The molecular formula is C13H12N6. The third-order valence-corrected chi connectivity index (χ3v) is 3.07. The van der Waals surface area contributed by atoms with Gasteiger partial charge in [-0.3, -0.25) is 0 Å². The zero-order chi connectivity index (χ0) is 13.2. The molecule has 0 atom stereocenters. The number of aryl methyl sites for hydroxylation is 1. The van der Waals surface area contributed by atoms with Gasteiger partial charge >= 0.3 is 0 Å². The van der Waals surface area contributed by atoms with Gasteiger partial charge in [0.05, 0.1) is 5.56 Å². The standard InChI is InChI=1S/C13H12N6/c1-2-5-19-8-10(7-14)11-6-9(3-4-12(11)19)13-15-17-18-16-13/h3-4,6,8H,2,5H2,1H3,(H,15,16,17,18). The summed E-state index contributed by atoms with van der Waals surface area (Å²) < 4.78 is 2.11. The molecule has 2 heterocycles. The van der Waals surface area contributed by atoms with Crippen LogP contribution in [0.2, 0.25) is 0 Å². The number of hydrogen-bond donors (Lipinski definition) is 1. The van der Waals surface area contributed by atoms with Crippen molar-refractivity contribution in [2.24, 2.45) is 0 Å². The highest BCUT2D eigenvalue weighted by Gasteiger charge is 2.11. The van der Waals surface area contributed by atoms with E-state index < -0.39 is 0 Å². The van der Waals surface area contributed by atoms with E-state index in [1.807, 2.05) is 24.4 Å². The Morgan fingerprint density at radius 1 is 1.42 bits per heavy atom. The van der Waals surface area contributed by atoms with Gasteiger partial charge in [-0.05, 0) is 29.8 Å². The van der Waals surface area contributed by atoms with E-state index in [2.05, 4.69) is 38.2 Å². The van der Waals surface area contributed by atoms with Crippen LogP contribution >= 0.6 is 0 Å². The molecule has 0 spiro atoms. The topological polar surface area (TPSA) is 83.2 Å². The molecule has 1 N–H and O–H groups in total. The van der Waals surface area contributed by atoms with Crippen molar-refractivity contribution in [3.63, 3.8) is 0 Å². The summed E-state index contributed by atoms with van der Waals surface area (Å²) in [7, 11) is 0. The Kier molecular flexibility index (Phi) is 2.72. The van der Waals surface area contributed by atoms with E-state index in [1.165, 1.54) is 0 Å². The first-order valence-corrected chi connectivity index (χ1v) is 6.10. The lowest BCUT2D eigenvalue weighted by Crippen LogP contribution is -1.93. The first kappa shape index (κ1) is 11.4. The smallest absolute Gasteiger partial charge is 0.204 e. The van der Waals surface area contributed by atoms with Gasteiger partial charge in [0.2, 0.25) is 5.82 Å². The maximum Gasteiger partial charge on any atom is 0.204 e. The molecule has 19 heavy (non-hydrogen) atoms. The van der Waals surface area contributed by atoms with Crippen molar-refractivity contribution in [1.82, 2.24) is 25.2 Å². The molecule has 1 aromatic carbocycles. The summed E-state index contributed by atoms with van der Waals surface area (Å²) in [6, 6.07) is 8.11. The Hall–Kier alpha value is -2.68. The molecule has 0 saturated carbocycles. The molecule has 0 bridgehead atoms. The molecule has 2 aromatic heterocycles. The van der Waals surface area contributed by atoms with Crippen LogP contribution < -0.4 is 0 Å². The molecule has 0 amide bonds. The Balaban J connectivity index is 2.20. The lowest BCUT2D eigenvalue weighted by Gasteiger charge is -2.02. The van der Waals surface area contributed by atoms with E-state index in [4.69, 9.17) is 0 Å². The van der Waals surface area contributed by atoms with E-state index in [1.54, 1.807) is 0 Å². The van der Waals surface area contributed by atoms with Crippen LogP contribution in [0.4, 0.5) is 0 Å². The number of hydrogen-bond acceptors (Lipinski definition) is 4. The summed E-state index contributed by atoms with van der Waals surface area (Å²) in [4.78, 5) is 0. The van der Waals surface area contributed by atoms with Crippen LogP contribution in [0.25, 0.3) is 22.3 Å². The maximum absolute atomic E-state index is 9.23. The fourth-order valence-electron chi connectivity index (χ4n) is 2.24. The van der Waals surface area contributed by atoms with Crippen molar-refractivity contribution < 1.29 is 0 Å². The van der Waals surface area contributed by atoms with Gasteiger partial charge in [-0.2, -0.15) is 10.5 Å². The number of nitrogens with one attached hydrogen (secondary N) is 1. The number of benzene rings is 1. The van der Waals surface area contributed by atoms with Crippen LogP contribution in [0.1, 0.15) is 18.9 Å². The number of fused-ring (bicyclic) bond motifs is 1. The van der Waals surface area contributed by atoms with Crippen LogP contribution in [-0.4, -0.2) is 25.2 Å². The lowest BCUT2D eigenvalue weighted by atomic mass is 10.1. The van der Waals surface area contributed by atoms with Gasteiger partial charge in [0.15, 0.2) is 0 Å². The van der Waals surface area contributed by atoms with Crippen molar-refractivity contribution in [3.05, 3.63) is 30.0 Å². The third-order valence-electron chi connectivity index (χ3n) is 3.07. The van der Waals surface area contributed by atoms with Gasteiger partial charge in [-0.15, -0.1) is 10.2 Å². The van der Waals surface area contributed by atoms with Gasteiger partial charge in [0.25, 0.3) is 0 Å². The van der Waals surface area contributed by atoms with Crippen molar-refractivity contribution in [2.45, 2.75) is 19.9 Å². The van der Waals surface area contributed by atoms with Crippen LogP contribution in [0.5, 0.6) is 0 Å². The number of H-pyrrole nitrogens is 1. The molecule has 0 radical (unpaired) electrons. The van der Waals surface area contributed by atoms with Crippen LogP contribution in [0.3, 0.4) is 0 Å². The highest BCUT2D eigenvalue weighted by molar-refractivity contribution is 5.89. The fourth-order valence-corrected chi connectivity index (χ4v) is 2.24. The molecule has 0 aliphatic rings. The molecule has 6 nitrogen and oxygen atoms in total. The largest absolute Gasteiger partial charge is 0.346 e. The molecule has 0 aliphatic carbocycles. The van der Waals surface area contributed by atoms with Crippen LogP contribution in [0.15, 0.2) is 24.4 Å². The van der Waals surface area contributed by atoms with Gasteiger partial charge in [0, 0.05) is 29.2 Å². The minimum Gasteiger partial charge on any atom is -0.346 e. The van der Waals surface area contributed by atoms with Gasteiger partial charge in [-0.1, -0.05) is 6.92 Å². The van der Waals surface area contributed by atoms with Crippen LogP contribution in [-0.2, 0) is 6.54 Å². The van der Waals surface area contributed by atoms with E-state index in [9.17, 15) is 5.26 Å². The maximum atomic E-state index is 9.23. The van der Waals surface area contributed by atoms with Crippen LogP contribution in [0, 0.1) is 11.3 Å². The number of aromatic nitrogens is 5. The minimum absolute atomic E-state index is 0.536. The summed E-state index contributed by atoms with van der Waals surface area (Å²) >= 11 is 0. The number of nitriles is 1. The van der Waals surface area contributed by atoms with Crippen molar-refractivity contribution in [3.8, 4) is 17.5 Å². The van der Waals surface area contributed by atoms with E-state index in [0.29, 0.717) is 11.4 Å². The van der Waals surface area contributed by atoms with Crippen molar-refractivity contribution in [2.75, 3.05) is 0 Å². The summed E-state index contributed by atoms with van der Waals surface area (Å²) in [5.41, 5.74) is 2.59. The first-order valence-electron chi connectivity index (χ1n) is 6.10. The molecule has 0 unspecified atom stereocenters. The SMILES string of the molecule is CCCn1cc(C#N)c2cc(-c3nn[nH]n3)ccc21. The molecule has 6 heteroatoms. The van der Waals surface area contributed by atoms with Gasteiger partial charge < -0.3 is 4.57 Å². The summed E-state index contributed by atoms with van der Waals surface area (Å²) in [6.45, 7) is 3.02. The number of rotatable bonds is 3. The van der Waals surface area contributed by atoms with E-state index in [-0.39, 0.29) is 0 Å². The highest BCUT2D eigenvalue weighted by atomic mass is 15.5. The molecule has 94 valence electrons. The quantitative estimate of drug-likeness (QED) is 0.773. The van der Waals surface area contributed by atoms with E-state index >= 15 is 0 Å². The second-order valence-electron chi connectivity index (χ2n) is 4.32. The summed E-state index contributed by atoms with van der Waals surface area (Å²) in [5.74, 6) is 0.536. The zero-order valence-electron chi connectivity index (χ0n) is 10.5. The van der Waals surface area contributed by atoms with Crippen molar-refractivity contribution >= 4 is 10.9 Å². The Bertz CT molecular complexity index is 747. The molecule has 0 saturated heterocycles. The normalized spacial score (nSPS) is 10.7. The summed E-state index contributed by atoms with van der Waals surface area (Å²) in [6.07, 6.45) is 2.93. The Morgan fingerprint density at radius 2 is 2.32 bits per heavy atom. The number of nitrogens with zero attached hydrogens (tertiary/aromatic N) is 5. The second kappa shape index (κ2) is 4.53. The zero-order valence-corrected chi connectivity index (χ0v) is 10.5. The molecular weight excluding hydrogens is 240 g/mol. The van der Waals surface area contributed by atoms with Gasteiger partial charge in [0.1, 0.15) is 6.07 Å². The molecule has 0 fully saturated rings. The highest BCUT2D eigenvalue weighted by Crippen LogP contribution is 2.26.